The van der Waals surface area contributed by atoms with Crippen LogP contribution >= 0.6 is 11.6 Å². The minimum atomic E-state index is 0.835. The Morgan fingerprint density at radius 1 is 1.18 bits per heavy atom. The maximum Gasteiger partial charge on any atom is 0.0439 e. The van der Waals surface area contributed by atoms with Crippen molar-refractivity contribution in [2.24, 2.45) is 0 Å². The maximum absolute atomic E-state index is 5.92. The Balaban J connectivity index is 3.21. The van der Waals surface area contributed by atoms with E-state index in [-0.39, 0.29) is 0 Å². The van der Waals surface area contributed by atoms with E-state index in [0.29, 0.717) is 0 Å². The van der Waals surface area contributed by atoms with Gasteiger partial charge in [-0.2, -0.15) is 0 Å². The van der Waals surface area contributed by atoms with E-state index in [4.69, 9.17) is 11.6 Å². The summed E-state index contributed by atoms with van der Waals surface area (Å²) in [5.74, 6) is 0. The highest BCUT2D eigenvalue weighted by Gasteiger charge is 1.99. The van der Waals surface area contributed by atoms with E-state index < -0.39 is 0 Å². The molecule has 0 aromatic heterocycles. The van der Waals surface area contributed by atoms with Crippen molar-refractivity contribution >= 4 is 17.3 Å². The molecule has 0 atom stereocenters. The molecule has 0 bridgehead atoms. The highest BCUT2D eigenvalue weighted by molar-refractivity contribution is 6.31. The molecule has 1 aromatic carbocycles. The summed E-state index contributed by atoms with van der Waals surface area (Å²) in [5, 5.41) is 3.94. The molecular formula is C9H12ClN. The molecular weight excluding hydrogens is 158 g/mol. The van der Waals surface area contributed by atoms with Crippen molar-refractivity contribution in [3.8, 4) is 0 Å². The quantitative estimate of drug-likeness (QED) is 0.682. The van der Waals surface area contributed by atoms with Gasteiger partial charge in [0.05, 0.1) is 0 Å². The van der Waals surface area contributed by atoms with Crippen molar-refractivity contribution in [2.45, 2.75) is 13.8 Å². The monoisotopic (exact) mass is 169 g/mol. The van der Waals surface area contributed by atoms with Crippen LogP contribution in [0.2, 0.25) is 5.02 Å². The number of halogens is 1. The molecule has 0 saturated heterocycles. The van der Waals surface area contributed by atoms with Crippen molar-refractivity contribution < 1.29 is 0 Å². The van der Waals surface area contributed by atoms with Crippen LogP contribution in [0.4, 0.5) is 5.69 Å². The Morgan fingerprint density at radius 2 is 1.82 bits per heavy atom. The molecule has 1 aromatic rings. The number of anilines is 1. The Morgan fingerprint density at radius 3 is 2.36 bits per heavy atom. The SMILES string of the molecule is CNc1cc(C)c(Cl)cc1C. The molecule has 2 heteroatoms. The van der Waals surface area contributed by atoms with Crippen LogP contribution in [0.15, 0.2) is 12.1 Å². The Hall–Kier alpha value is -0.690. The molecule has 0 spiro atoms. The summed E-state index contributed by atoms with van der Waals surface area (Å²) >= 11 is 5.92. The first kappa shape index (κ1) is 8.41. The highest BCUT2D eigenvalue weighted by Crippen LogP contribution is 2.23. The van der Waals surface area contributed by atoms with E-state index in [2.05, 4.69) is 11.4 Å². The van der Waals surface area contributed by atoms with Crippen LogP contribution in [0.3, 0.4) is 0 Å². The van der Waals surface area contributed by atoms with E-state index in [1.54, 1.807) is 0 Å². The molecule has 1 N–H and O–H groups in total. The summed E-state index contributed by atoms with van der Waals surface area (Å²) in [7, 11) is 1.91. The van der Waals surface area contributed by atoms with E-state index in [9.17, 15) is 0 Å². The van der Waals surface area contributed by atoms with Gasteiger partial charge >= 0.3 is 0 Å². The minimum Gasteiger partial charge on any atom is -0.388 e. The normalized spacial score (nSPS) is 9.82. The predicted octanol–water partition coefficient (Wildman–Crippen LogP) is 3.00. The Labute approximate surface area is 72.4 Å². The van der Waals surface area contributed by atoms with Crippen molar-refractivity contribution in [1.82, 2.24) is 0 Å². The largest absolute Gasteiger partial charge is 0.388 e. The van der Waals surface area contributed by atoms with Gasteiger partial charge in [-0.05, 0) is 37.1 Å². The summed E-state index contributed by atoms with van der Waals surface area (Å²) in [6.45, 7) is 4.04. The number of hydrogen-bond donors (Lipinski definition) is 1. The molecule has 0 amide bonds. The summed E-state index contributed by atoms with van der Waals surface area (Å²) in [4.78, 5) is 0. The molecule has 1 nitrogen and oxygen atoms in total. The average molecular weight is 170 g/mol. The zero-order chi connectivity index (χ0) is 8.43. The number of aryl methyl sites for hydroxylation is 2. The van der Waals surface area contributed by atoms with E-state index in [1.165, 1.54) is 5.56 Å². The topological polar surface area (TPSA) is 12.0 Å². The molecule has 0 heterocycles. The van der Waals surface area contributed by atoms with E-state index >= 15 is 0 Å². The lowest BCUT2D eigenvalue weighted by Crippen LogP contribution is -1.92. The zero-order valence-electron chi connectivity index (χ0n) is 7.03. The van der Waals surface area contributed by atoms with E-state index in [1.807, 2.05) is 27.0 Å². The second-order valence-electron chi connectivity index (χ2n) is 2.67. The third-order valence-electron chi connectivity index (χ3n) is 1.77. The third-order valence-corrected chi connectivity index (χ3v) is 2.18. The van der Waals surface area contributed by atoms with Crippen LogP contribution < -0.4 is 5.32 Å². The van der Waals surface area contributed by atoms with Gasteiger partial charge in [0.15, 0.2) is 0 Å². The minimum absolute atomic E-state index is 0.835. The number of nitrogens with one attached hydrogen (secondary N) is 1. The van der Waals surface area contributed by atoms with Gasteiger partial charge in [-0.3, -0.25) is 0 Å². The third kappa shape index (κ3) is 1.66. The van der Waals surface area contributed by atoms with Crippen LogP contribution in [0.1, 0.15) is 11.1 Å². The number of hydrogen-bond acceptors (Lipinski definition) is 1. The average Bonchev–Trinajstić information content (AvgIpc) is 1.97. The first-order valence-corrected chi connectivity index (χ1v) is 3.97. The van der Waals surface area contributed by atoms with Gasteiger partial charge in [-0.25, -0.2) is 0 Å². The lowest BCUT2D eigenvalue weighted by molar-refractivity contribution is 1.36. The summed E-state index contributed by atoms with van der Waals surface area (Å²) in [6, 6.07) is 4.03. The van der Waals surface area contributed by atoms with Gasteiger partial charge in [0.25, 0.3) is 0 Å². The molecule has 0 radical (unpaired) electrons. The zero-order valence-corrected chi connectivity index (χ0v) is 7.79. The van der Waals surface area contributed by atoms with Gasteiger partial charge in [-0.1, -0.05) is 11.6 Å². The van der Waals surface area contributed by atoms with Crippen molar-refractivity contribution in [1.29, 1.82) is 0 Å². The van der Waals surface area contributed by atoms with Gasteiger partial charge in [0.1, 0.15) is 0 Å². The number of benzene rings is 1. The predicted molar refractivity (Wildman–Crippen MR) is 50.5 cm³/mol. The highest BCUT2D eigenvalue weighted by atomic mass is 35.5. The van der Waals surface area contributed by atoms with Gasteiger partial charge in [0.2, 0.25) is 0 Å². The molecule has 0 saturated carbocycles. The van der Waals surface area contributed by atoms with Crippen LogP contribution in [0.5, 0.6) is 0 Å². The molecule has 60 valence electrons. The molecule has 11 heavy (non-hydrogen) atoms. The molecule has 0 unspecified atom stereocenters. The molecule has 0 fully saturated rings. The van der Waals surface area contributed by atoms with Crippen LogP contribution in [0.25, 0.3) is 0 Å². The first-order valence-electron chi connectivity index (χ1n) is 3.59. The second kappa shape index (κ2) is 3.14. The van der Waals surface area contributed by atoms with Crippen molar-refractivity contribution in [3.05, 3.63) is 28.3 Å². The Kier molecular flexibility index (Phi) is 2.40. The fourth-order valence-corrected chi connectivity index (χ4v) is 1.27. The molecule has 0 aliphatic rings. The second-order valence-corrected chi connectivity index (χ2v) is 3.07. The maximum atomic E-state index is 5.92. The smallest absolute Gasteiger partial charge is 0.0439 e. The number of rotatable bonds is 1. The fraction of sp³-hybridized carbons (Fsp3) is 0.333. The van der Waals surface area contributed by atoms with Gasteiger partial charge in [0, 0.05) is 17.8 Å². The van der Waals surface area contributed by atoms with Crippen LogP contribution in [-0.2, 0) is 0 Å². The summed E-state index contributed by atoms with van der Waals surface area (Å²) in [5.41, 5.74) is 3.44. The lowest BCUT2D eigenvalue weighted by atomic mass is 10.1. The molecule has 1 rings (SSSR count). The fourth-order valence-electron chi connectivity index (χ4n) is 1.05. The molecule has 0 aliphatic heterocycles. The first-order chi connectivity index (χ1) is 5.15. The van der Waals surface area contributed by atoms with Crippen LogP contribution in [0, 0.1) is 13.8 Å². The van der Waals surface area contributed by atoms with Gasteiger partial charge < -0.3 is 5.32 Å². The van der Waals surface area contributed by atoms with E-state index in [0.717, 1.165) is 16.3 Å². The summed E-state index contributed by atoms with van der Waals surface area (Å²) < 4.78 is 0. The van der Waals surface area contributed by atoms with Gasteiger partial charge in [-0.15, -0.1) is 0 Å². The van der Waals surface area contributed by atoms with Crippen molar-refractivity contribution in [3.63, 3.8) is 0 Å². The lowest BCUT2D eigenvalue weighted by Gasteiger charge is -2.07. The van der Waals surface area contributed by atoms with Crippen LogP contribution in [-0.4, -0.2) is 7.05 Å². The van der Waals surface area contributed by atoms with Crippen molar-refractivity contribution in [2.75, 3.05) is 12.4 Å². The molecule has 0 aliphatic carbocycles. The summed E-state index contributed by atoms with van der Waals surface area (Å²) in [6.07, 6.45) is 0. The standard InChI is InChI=1S/C9H12ClN/c1-6-5-9(11-3)7(2)4-8(6)10/h4-5,11H,1-3H3. The Bertz CT molecular complexity index is 269.